The van der Waals surface area contributed by atoms with Crippen molar-refractivity contribution in [3.63, 3.8) is 0 Å². The van der Waals surface area contributed by atoms with Crippen molar-refractivity contribution >= 4 is 33.5 Å². The molecule has 5 heteroatoms. The third-order valence-corrected chi connectivity index (χ3v) is 2.71. The summed E-state index contributed by atoms with van der Waals surface area (Å²) >= 11 is 3.30. The van der Waals surface area contributed by atoms with Crippen LogP contribution in [-0.2, 0) is 9.59 Å². The molecule has 1 amide bonds. The maximum atomic E-state index is 11.6. The van der Waals surface area contributed by atoms with Crippen molar-refractivity contribution in [2.24, 2.45) is 5.92 Å². The van der Waals surface area contributed by atoms with Gasteiger partial charge in [0.1, 0.15) is 0 Å². The number of halogens is 1. The summed E-state index contributed by atoms with van der Waals surface area (Å²) in [6, 6.07) is 7.22. The van der Waals surface area contributed by atoms with Crippen molar-refractivity contribution in [3.05, 3.63) is 28.7 Å². The Morgan fingerprint density at radius 1 is 1.29 bits per heavy atom. The lowest BCUT2D eigenvalue weighted by Crippen LogP contribution is -2.16. The van der Waals surface area contributed by atoms with Crippen molar-refractivity contribution in [2.45, 2.75) is 19.8 Å². The van der Waals surface area contributed by atoms with Crippen LogP contribution in [0.3, 0.4) is 0 Å². The average molecular weight is 300 g/mol. The number of hydrogen-bond donors (Lipinski definition) is 2. The van der Waals surface area contributed by atoms with Gasteiger partial charge in [-0.25, -0.2) is 0 Å². The highest BCUT2D eigenvalue weighted by Gasteiger charge is 2.12. The molecule has 0 heterocycles. The number of amides is 1. The highest BCUT2D eigenvalue weighted by Crippen LogP contribution is 2.15. The maximum absolute atomic E-state index is 11.6. The summed E-state index contributed by atoms with van der Waals surface area (Å²) in [7, 11) is 0. The fourth-order valence-electron chi connectivity index (χ4n) is 1.43. The fourth-order valence-corrected chi connectivity index (χ4v) is 1.70. The zero-order valence-electron chi connectivity index (χ0n) is 9.44. The largest absolute Gasteiger partial charge is 0.481 e. The Morgan fingerprint density at radius 2 is 1.88 bits per heavy atom. The molecule has 0 aliphatic rings. The van der Waals surface area contributed by atoms with E-state index < -0.39 is 5.97 Å². The third kappa shape index (κ3) is 5.49. The van der Waals surface area contributed by atoms with E-state index >= 15 is 0 Å². The topological polar surface area (TPSA) is 66.4 Å². The molecular formula is C12H14BrNO3. The normalized spacial score (nSPS) is 11.9. The maximum Gasteiger partial charge on any atom is 0.303 e. The molecule has 17 heavy (non-hydrogen) atoms. The second kappa shape index (κ2) is 6.39. The second-order valence-electron chi connectivity index (χ2n) is 3.96. The average Bonchev–Trinajstić information content (AvgIpc) is 2.19. The van der Waals surface area contributed by atoms with Crippen molar-refractivity contribution in [1.29, 1.82) is 0 Å². The number of carbonyl (C=O) groups is 2. The smallest absolute Gasteiger partial charge is 0.303 e. The number of carbonyl (C=O) groups excluding carboxylic acids is 1. The van der Waals surface area contributed by atoms with Crippen LogP contribution >= 0.6 is 15.9 Å². The SMILES string of the molecule is C[C@@H](CC(=O)O)CC(=O)Nc1ccc(Br)cc1. The van der Waals surface area contributed by atoms with Gasteiger partial charge < -0.3 is 10.4 Å². The first kappa shape index (κ1) is 13.7. The standard InChI is InChI=1S/C12H14BrNO3/c1-8(7-12(16)17)6-11(15)14-10-4-2-9(13)3-5-10/h2-5,8H,6-7H2,1H3,(H,14,15)(H,16,17)/t8-/m1/s1. The molecule has 1 atom stereocenters. The van der Waals surface area contributed by atoms with Crippen LogP contribution in [0.5, 0.6) is 0 Å². The summed E-state index contributed by atoms with van der Waals surface area (Å²) in [6.07, 6.45) is 0.218. The minimum Gasteiger partial charge on any atom is -0.481 e. The summed E-state index contributed by atoms with van der Waals surface area (Å²) in [6.45, 7) is 1.75. The van der Waals surface area contributed by atoms with E-state index in [1.807, 2.05) is 12.1 Å². The molecule has 0 aromatic heterocycles. The predicted octanol–water partition coefficient (Wildman–Crippen LogP) is 2.89. The van der Waals surface area contributed by atoms with E-state index in [2.05, 4.69) is 21.2 Å². The van der Waals surface area contributed by atoms with Gasteiger partial charge in [0.15, 0.2) is 0 Å². The molecule has 0 saturated heterocycles. The Morgan fingerprint density at radius 3 is 2.41 bits per heavy atom. The minimum absolute atomic E-state index is 0.00770. The number of hydrogen-bond acceptors (Lipinski definition) is 2. The summed E-state index contributed by atoms with van der Waals surface area (Å²) in [5.74, 6) is -1.21. The van der Waals surface area contributed by atoms with E-state index in [9.17, 15) is 9.59 Å². The van der Waals surface area contributed by atoms with Crippen molar-refractivity contribution in [2.75, 3.05) is 5.32 Å². The number of carboxylic acids is 1. The molecule has 1 aromatic rings. The van der Waals surface area contributed by atoms with E-state index in [-0.39, 0.29) is 24.7 Å². The van der Waals surface area contributed by atoms with Gasteiger partial charge in [0.25, 0.3) is 0 Å². The van der Waals surface area contributed by atoms with Crippen LogP contribution in [0.2, 0.25) is 0 Å². The van der Waals surface area contributed by atoms with Gasteiger partial charge in [0.05, 0.1) is 0 Å². The van der Waals surface area contributed by atoms with Gasteiger partial charge in [0.2, 0.25) is 5.91 Å². The van der Waals surface area contributed by atoms with E-state index in [0.717, 1.165) is 4.47 Å². The highest BCUT2D eigenvalue weighted by molar-refractivity contribution is 9.10. The van der Waals surface area contributed by atoms with Gasteiger partial charge in [0, 0.05) is 23.0 Å². The molecule has 0 spiro atoms. The van der Waals surface area contributed by atoms with E-state index in [4.69, 9.17) is 5.11 Å². The van der Waals surface area contributed by atoms with Crippen LogP contribution in [0, 0.1) is 5.92 Å². The molecule has 1 aromatic carbocycles. The zero-order chi connectivity index (χ0) is 12.8. The lowest BCUT2D eigenvalue weighted by Gasteiger charge is -2.09. The molecule has 4 nitrogen and oxygen atoms in total. The summed E-state index contributed by atoms with van der Waals surface area (Å²) in [4.78, 5) is 22.0. The van der Waals surface area contributed by atoms with Crippen LogP contribution in [0.15, 0.2) is 28.7 Å². The monoisotopic (exact) mass is 299 g/mol. The van der Waals surface area contributed by atoms with Crippen molar-refractivity contribution in [1.82, 2.24) is 0 Å². The van der Waals surface area contributed by atoms with Gasteiger partial charge in [-0.2, -0.15) is 0 Å². The fraction of sp³-hybridized carbons (Fsp3) is 0.333. The number of benzene rings is 1. The van der Waals surface area contributed by atoms with Crippen molar-refractivity contribution < 1.29 is 14.7 Å². The molecule has 0 saturated carbocycles. The zero-order valence-corrected chi connectivity index (χ0v) is 11.0. The Labute approximate surface area is 108 Å². The number of anilines is 1. The summed E-state index contributed by atoms with van der Waals surface area (Å²) in [5, 5.41) is 11.3. The number of carboxylic acid groups (broad SMARTS) is 1. The highest BCUT2D eigenvalue weighted by atomic mass is 79.9. The van der Waals surface area contributed by atoms with E-state index in [1.54, 1.807) is 19.1 Å². The van der Waals surface area contributed by atoms with Gasteiger partial charge >= 0.3 is 5.97 Å². The third-order valence-electron chi connectivity index (χ3n) is 2.18. The van der Waals surface area contributed by atoms with Gasteiger partial charge in [-0.15, -0.1) is 0 Å². The minimum atomic E-state index is -0.881. The molecule has 1 rings (SSSR count). The Bertz CT molecular complexity index is 403. The van der Waals surface area contributed by atoms with Crippen LogP contribution in [0.25, 0.3) is 0 Å². The number of nitrogens with one attached hydrogen (secondary N) is 1. The first-order valence-electron chi connectivity index (χ1n) is 5.24. The Hall–Kier alpha value is -1.36. The first-order chi connectivity index (χ1) is 7.97. The predicted molar refractivity (Wildman–Crippen MR) is 68.8 cm³/mol. The van der Waals surface area contributed by atoms with Crippen molar-refractivity contribution in [3.8, 4) is 0 Å². The van der Waals surface area contributed by atoms with Gasteiger partial charge in [-0.3, -0.25) is 9.59 Å². The molecule has 0 radical (unpaired) electrons. The molecule has 2 N–H and O–H groups in total. The van der Waals surface area contributed by atoms with Crippen LogP contribution in [0.1, 0.15) is 19.8 Å². The molecule has 0 aliphatic heterocycles. The van der Waals surface area contributed by atoms with Gasteiger partial charge in [-0.1, -0.05) is 22.9 Å². The first-order valence-corrected chi connectivity index (χ1v) is 6.04. The molecule has 0 fully saturated rings. The number of aliphatic carboxylic acids is 1. The second-order valence-corrected chi connectivity index (χ2v) is 4.88. The summed E-state index contributed by atoms with van der Waals surface area (Å²) in [5.41, 5.74) is 0.709. The summed E-state index contributed by atoms with van der Waals surface area (Å²) < 4.78 is 0.940. The molecule has 0 bridgehead atoms. The Kier molecular flexibility index (Phi) is 5.15. The van der Waals surface area contributed by atoms with Crippen LogP contribution in [-0.4, -0.2) is 17.0 Å². The molecule has 92 valence electrons. The molecule has 0 aliphatic carbocycles. The van der Waals surface area contributed by atoms with Crippen LogP contribution < -0.4 is 5.32 Å². The lowest BCUT2D eigenvalue weighted by molar-refractivity contribution is -0.138. The van der Waals surface area contributed by atoms with E-state index in [0.29, 0.717) is 5.69 Å². The molecule has 0 unspecified atom stereocenters. The quantitative estimate of drug-likeness (QED) is 0.878. The Balaban J connectivity index is 2.44. The van der Waals surface area contributed by atoms with Gasteiger partial charge in [-0.05, 0) is 30.2 Å². The number of rotatable bonds is 5. The van der Waals surface area contributed by atoms with Crippen LogP contribution in [0.4, 0.5) is 5.69 Å². The lowest BCUT2D eigenvalue weighted by atomic mass is 10.0. The molecular weight excluding hydrogens is 286 g/mol. The van der Waals surface area contributed by atoms with E-state index in [1.165, 1.54) is 0 Å².